The molecule has 1 N–H and O–H groups in total. The normalized spacial score (nSPS) is 20.6. The van der Waals surface area contributed by atoms with Crippen LogP contribution >= 0.6 is 0 Å². The number of aliphatic hydroxyl groups is 1. The number of benzene rings is 1. The lowest BCUT2D eigenvalue weighted by Crippen LogP contribution is -2.48. The van der Waals surface area contributed by atoms with E-state index in [1.807, 2.05) is 37.3 Å². The highest BCUT2D eigenvalue weighted by molar-refractivity contribution is 5.96. The second-order valence-corrected chi connectivity index (χ2v) is 9.16. The van der Waals surface area contributed by atoms with Crippen molar-refractivity contribution < 1.29 is 24.1 Å². The minimum atomic E-state index is -0.228. The summed E-state index contributed by atoms with van der Waals surface area (Å²) in [5.41, 5.74) is 2.61. The van der Waals surface area contributed by atoms with Crippen molar-refractivity contribution in [3.05, 3.63) is 41.7 Å². The van der Waals surface area contributed by atoms with E-state index in [0.29, 0.717) is 68.0 Å². The molecule has 1 aromatic carbocycles. The number of aromatic nitrogens is 3. The number of hydrogen-bond acceptors (Lipinski definition) is 9. The predicted molar refractivity (Wildman–Crippen MR) is 134 cm³/mol. The monoisotopic (exact) mass is 493 g/mol. The average Bonchev–Trinajstić information content (AvgIpc) is 2.92. The lowest BCUT2D eigenvalue weighted by atomic mass is 10.1. The van der Waals surface area contributed by atoms with Crippen LogP contribution in [0.15, 0.2) is 30.3 Å². The van der Waals surface area contributed by atoms with Gasteiger partial charge in [-0.3, -0.25) is 4.79 Å². The lowest BCUT2D eigenvalue weighted by molar-refractivity contribution is 0.00294. The largest absolute Gasteiger partial charge is 0.496 e. The lowest BCUT2D eigenvalue weighted by Gasteiger charge is -2.35. The molecule has 0 spiro atoms. The van der Waals surface area contributed by atoms with E-state index in [1.54, 1.807) is 12.0 Å². The fourth-order valence-corrected chi connectivity index (χ4v) is 4.73. The zero-order valence-corrected chi connectivity index (χ0v) is 20.8. The van der Waals surface area contributed by atoms with Crippen molar-refractivity contribution in [2.24, 2.45) is 0 Å². The van der Waals surface area contributed by atoms with Gasteiger partial charge in [-0.25, -0.2) is 15.0 Å². The Balaban J connectivity index is 1.62. The molecule has 36 heavy (non-hydrogen) atoms. The van der Waals surface area contributed by atoms with Crippen molar-refractivity contribution in [1.82, 2.24) is 19.9 Å². The van der Waals surface area contributed by atoms with Crippen LogP contribution in [0.4, 0.5) is 5.82 Å². The van der Waals surface area contributed by atoms with Gasteiger partial charge in [0.15, 0.2) is 5.65 Å². The van der Waals surface area contributed by atoms with Crippen LogP contribution < -0.4 is 9.64 Å². The Morgan fingerprint density at radius 3 is 2.56 bits per heavy atom. The molecule has 2 saturated heterocycles. The van der Waals surface area contributed by atoms with E-state index in [0.717, 1.165) is 10.9 Å². The van der Waals surface area contributed by atoms with Gasteiger partial charge < -0.3 is 29.1 Å². The first-order valence-corrected chi connectivity index (χ1v) is 12.2. The van der Waals surface area contributed by atoms with E-state index in [2.05, 4.69) is 16.8 Å². The Labute approximate surface area is 209 Å². The van der Waals surface area contributed by atoms with Crippen LogP contribution in [0.3, 0.4) is 0 Å². The maximum Gasteiger partial charge on any atom is 0.292 e. The molecule has 0 bridgehead atoms. The molecule has 0 aliphatic carbocycles. The average molecular weight is 494 g/mol. The van der Waals surface area contributed by atoms with Crippen LogP contribution in [0.1, 0.15) is 30.0 Å². The molecule has 2 fully saturated rings. The smallest absolute Gasteiger partial charge is 0.292 e. The van der Waals surface area contributed by atoms with Crippen LogP contribution in [-0.4, -0.2) is 89.6 Å². The minimum Gasteiger partial charge on any atom is -0.496 e. The molecule has 2 aliphatic rings. The summed E-state index contributed by atoms with van der Waals surface area (Å²) in [4.78, 5) is 31.7. The Morgan fingerprint density at radius 2 is 1.83 bits per heavy atom. The first kappa shape index (κ1) is 24.4. The minimum absolute atomic E-state index is 0.0631. The van der Waals surface area contributed by atoms with Gasteiger partial charge in [0, 0.05) is 24.2 Å². The van der Waals surface area contributed by atoms with Crippen molar-refractivity contribution in [1.29, 1.82) is 0 Å². The summed E-state index contributed by atoms with van der Waals surface area (Å²) < 4.78 is 16.5. The first-order chi connectivity index (χ1) is 17.5. The Kier molecular flexibility index (Phi) is 6.99. The summed E-state index contributed by atoms with van der Waals surface area (Å²) in [7, 11) is 1.57. The van der Waals surface area contributed by atoms with E-state index in [-0.39, 0.29) is 30.4 Å². The van der Waals surface area contributed by atoms with Gasteiger partial charge in [0.05, 0.1) is 63.3 Å². The number of nitrogens with zero attached hydrogens (tertiary/aromatic N) is 5. The number of rotatable bonds is 5. The van der Waals surface area contributed by atoms with Crippen LogP contribution in [0.2, 0.25) is 0 Å². The Hall–Kier alpha value is -3.34. The zero-order valence-electron chi connectivity index (χ0n) is 20.8. The van der Waals surface area contributed by atoms with Gasteiger partial charge >= 0.3 is 0 Å². The Bertz CT molecular complexity index is 1270. The number of carbonyl (C=O) groups excluding carboxylic acids is 1. The standard InChI is InChI=1S/C26H31N5O5/c1-16-14-35-10-8-30(16)25-20-5-6-21(18-4-7-22(34-3)19(12-18)13-32)27-23(20)28-24(29-25)26(33)31-9-11-36-15-17(31)2/h4-7,12,16-17,32H,8-11,13-15H2,1-3H3/t16-,17-/m0/s1. The third-order valence-corrected chi connectivity index (χ3v) is 6.75. The number of pyridine rings is 1. The summed E-state index contributed by atoms with van der Waals surface area (Å²) in [6.45, 7) is 7.18. The van der Waals surface area contributed by atoms with E-state index in [9.17, 15) is 9.90 Å². The van der Waals surface area contributed by atoms with E-state index in [4.69, 9.17) is 24.2 Å². The van der Waals surface area contributed by atoms with E-state index < -0.39 is 0 Å². The highest BCUT2D eigenvalue weighted by Crippen LogP contribution is 2.31. The molecule has 0 saturated carbocycles. The molecule has 2 aromatic heterocycles. The Morgan fingerprint density at radius 1 is 1.06 bits per heavy atom. The topological polar surface area (TPSA) is 110 Å². The van der Waals surface area contributed by atoms with Gasteiger partial charge in [0.2, 0.25) is 5.82 Å². The van der Waals surface area contributed by atoms with Crippen molar-refractivity contribution >= 4 is 22.8 Å². The zero-order chi connectivity index (χ0) is 25.2. The fourth-order valence-electron chi connectivity index (χ4n) is 4.73. The van der Waals surface area contributed by atoms with Crippen molar-refractivity contribution in [2.75, 3.05) is 51.5 Å². The van der Waals surface area contributed by atoms with Gasteiger partial charge in [0.25, 0.3) is 5.91 Å². The fraction of sp³-hybridized carbons (Fsp3) is 0.462. The molecular formula is C26H31N5O5. The summed E-state index contributed by atoms with van der Waals surface area (Å²) in [6, 6.07) is 9.43. The van der Waals surface area contributed by atoms with Crippen molar-refractivity contribution in [3.63, 3.8) is 0 Å². The van der Waals surface area contributed by atoms with Gasteiger partial charge in [-0.2, -0.15) is 0 Å². The summed E-state index contributed by atoms with van der Waals surface area (Å²) in [6.07, 6.45) is 0. The van der Waals surface area contributed by atoms with Crippen LogP contribution in [-0.2, 0) is 16.1 Å². The quantitative estimate of drug-likeness (QED) is 0.572. The number of anilines is 1. The van der Waals surface area contributed by atoms with Crippen molar-refractivity contribution in [2.45, 2.75) is 32.5 Å². The van der Waals surface area contributed by atoms with Gasteiger partial charge in [-0.15, -0.1) is 0 Å². The number of aliphatic hydroxyl groups excluding tert-OH is 1. The number of methoxy groups -OCH3 is 1. The number of amides is 1. The number of morpholine rings is 2. The second-order valence-electron chi connectivity index (χ2n) is 9.16. The van der Waals surface area contributed by atoms with E-state index >= 15 is 0 Å². The predicted octanol–water partition coefficient (Wildman–Crippen LogP) is 2.28. The second kappa shape index (κ2) is 10.3. The number of ether oxygens (including phenoxy) is 3. The molecule has 2 aliphatic heterocycles. The first-order valence-electron chi connectivity index (χ1n) is 12.2. The molecule has 10 heteroatoms. The molecule has 0 unspecified atom stereocenters. The number of carbonyl (C=O) groups is 1. The third-order valence-electron chi connectivity index (χ3n) is 6.75. The molecule has 4 heterocycles. The highest BCUT2D eigenvalue weighted by Gasteiger charge is 2.30. The van der Waals surface area contributed by atoms with Crippen LogP contribution in [0, 0.1) is 0 Å². The van der Waals surface area contributed by atoms with Crippen LogP contribution in [0.5, 0.6) is 5.75 Å². The molecule has 5 rings (SSSR count). The van der Waals surface area contributed by atoms with Crippen LogP contribution in [0.25, 0.3) is 22.3 Å². The molecule has 3 aromatic rings. The molecular weight excluding hydrogens is 462 g/mol. The summed E-state index contributed by atoms with van der Waals surface area (Å²) >= 11 is 0. The summed E-state index contributed by atoms with van der Waals surface area (Å²) in [5.74, 6) is 1.19. The maximum absolute atomic E-state index is 13.5. The molecule has 2 atom stereocenters. The third kappa shape index (κ3) is 4.59. The van der Waals surface area contributed by atoms with Gasteiger partial charge in [-0.05, 0) is 44.2 Å². The van der Waals surface area contributed by atoms with E-state index in [1.165, 1.54) is 0 Å². The highest BCUT2D eigenvalue weighted by atomic mass is 16.5. The molecule has 190 valence electrons. The number of fused-ring (bicyclic) bond motifs is 1. The number of hydrogen-bond donors (Lipinski definition) is 1. The molecule has 1 amide bonds. The van der Waals surface area contributed by atoms with Crippen molar-refractivity contribution in [3.8, 4) is 17.0 Å². The van der Waals surface area contributed by atoms with Gasteiger partial charge in [-0.1, -0.05) is 0 Å². The maximum atomic E-state index is 13.5. The SMILES string of the molecule is COc1ccc(-c2ccc3c(N4CCOC[C@@H]4C)nc(C(=O)N4CCOC[C@@H]4C)nc3n2)cc1CO. The van der Waals surface area contributed by atoms with Gasteiger partial charge in [0.1, 0.15) is 11.6 Å². The molecule has 10 nitrogen and oxygen atoms in total. The molecule has 0 radical (unpaired) electrons. The summed E-state index contributed by atoms with van der Waals surface area (Å²) in [5, 5.41) is 10.5.